The molecule has 1 atom stereocenters. The number of hydrogen-bond acceptors (Lipinski definition) is 6. The minimum Gasteiger partial charge on any atom is -0.460 e. The molecule has 0 amide bonds. The van der Waals surface area contributed by atoms with Crippen molar-refractivity contribution in [2.24, 2.45) is 0 Å². The van der Waals surface area contributed by atoms with E-state index in [0.29, 0.717) is 29.4 Å². The van der Waals surface area contributed by atoms with Gasteiger partial charge >= 0.3 is 5.97 Å². The number of thiophene rings is 1. The van der Waals surface area contributed by atoms with Crippen molar-refractivity contribution in [1.82, 2.24) is 5.32 Å². The van der Waals surface area contributed by atoms with Crippen LogP contribution in [0, 0.1) is 0 Å². The second-order valence-electron chi connectivity index (χ2n) is 8.25. The summed E-state index contributed by atoms with van der Waals surface area (Å²) in [6.45, 7) is 6.25. The van der Waals surface area contributed by atoms with E-state index in [4.69, 9.17) is 16.3 Å². The summed E-state index contributed by atoms with van der Waals surface area (Å²) < 4.78 is 30.9. The highest BCUT2D eigenvalue weighted by Crippen LogP contribution is 2.45. The molecule has 3 rings (SSSR count). The van der Waals surface area contributed by atoms with E-state index in [-0.39, 0.29) is 24.6 Å². The summed E-state index contributed by atoms with van der Waals surface area (Å²) in [5, 5.41) is 3.80. The molecular formula is C21H27Cl2NO4S2. The summed E-state index contributed by atoms with van der Waals surface area (Å²) in [5.41, 5.74) is 0.289. The van der Waals surface area contributed by atoms with Gasteiger partial charge in [-0.1, -0.05) is 23.7 Å². The van der Waals surface area contributed by atoms with E-state index < -0.39 is 26.2 Å². The molecule has 0 radical (unpaired) electrons. The predicted octanol–water partition coefficient (Wildman–Crippen LogP) is 4.83. The van der Waals surface area contributed by atoms with Gasteiger partial charge in [0.05, 0.1) is 12.2 Å². The number of nitrogens with one attached hydrogen (secondary N) is 1. The van der Waals surface area contributed by atoms with Gasteiger partial charge in [-0.25, -0.2) is 8.42 Å². The van der Waals surface area contributed by atoms with Crippen LogP contribution in [-0.4, -0.2) is 38.8 Å². The standard InChI is InChI=1S/C21H26ClNO4S2.ClH/c1-20(2,3)27-19(24)14-21(10-11-23-12-13-29(21,25)26)18-9-8-17(28-18)15-4-6-16(22)7-5-15;/h4-9,23H,10-14H2,1-3H3;1H/t21-;/m0./s1. The maximum absolute atomic E-state index is 13.4. The molecule has 1 aromatic carbocycles. The van der Waals surface area contributed by atoms with Crippen LogP contribution in [-0.2, 0) is 24.1 Å². The molecule has 1 N–H and O–H groups in total. The zero-order valence-electron chi connectivity index (χ0n) is 17.2. The molecule has 0 aliphatic carbocycles. The molecule has 1 aromatic heterocycles. The second-order valence-corrected chi connectivity index (χ2v) is 12.2. The van der Waals surface area contributed by atoms with Gasteiger partial charge in [-0.2, -0.15) is 0 Å². The zero-order valence-corrected chi connectivity index (χ0v) is 20.4. The van der Waals surface area contributed by atoms with Crippen LogP contribution in [0.5, 0.6) is 0 Å². The van der Waals surface area contributed by atoms with Crippen LogP contribution >= 0.6 is 35.3 Å². The molecule has 2 aromatic rings. The average Bonchev–Trinajstić information content (AvgIpc) is 3.04. The Morgan fingerprint density at radius 3 is 2.47 bits per heavy atom. The van der Waals surface area contributed by atoms with Crippen molar-refractivity contribution >= 4 is 51.2 Å². The molecule has 2 heterocycles. The monoisotopic (exact) mass is 491 g/mol. The molecule has 5 nitrogen and oxygen atoms in total. The Bertz CT molecular complexity index is 981. The molecule has 1 saturated heterocycles. The van der Waals surface area contributed by atoms with E-state index in [1.165, 1.54) is 11.3 Å². The molecule has 1 fully saturated rings. The van der Waals surface area contributed by atoms with Crippen molar-refractivity contribution in [3.8, 4) is 10.4 Å². The third-order valence-corrected chi connectivity index (χ3v) is 9.10. The Morgan fingerprint density at radius 1 is 1.17 bits per heavy atom. The van der Waals surface area contributed by atoms with Gasteiger partial charge in [0.25, 0.3) is 0 Å². The van der Waals surface area contributed by atoms with E-state index in [2.05, 4.69) is 5.32 Å². The first-order chi connectivity index (χ1) is 13.5. The number of benzene rings is 1. The minimum absolute atomic E-state index is 0. The molecule has 1 aliphatic heterocycles. The van der Waals surface area contributed by atoms with Crippen molar-refractivity contribution < 1.29 is 17.9 Å². The number of rotatable bonds is 4. The van der Waals surface area contributed by atoms with Crippen LogP contribution in [0.4, 0.5) is 0 Å². The molecule has 9 heteroatoms. The maximum Gasteiger partial charge on any atom is 0.308 e. The molecule has 0 bridgehead atoms. The first-order valence-corrected chi connectivity index (χ1v) is 12.4. The second kappa shape index (κ2) is 9.57. The summed E-state index contributed by atoms with van der Waals surface area (Å²) >= 11 is 7.39. The minimum atomic E-state index is -3.57. The fourth-order valence-corrected chi connectivity index (χ4v) is 7.18. The van der Waals surface area contributed by atoms with Gasteiger partial charge in [0.2, 0.25) is 0 Å². The maximum atomic E-state index is 13.4. The fraction of sp³-hybridized carbons (Fsp3) is 0.476. The number of carbonyl (C=O) groups is 1. The summed E-state index contributed by atoms with van der Waals surface area (Å²) in [5.74, 6) is -0.506. The van der Waals surface area contributed by atoms with E-state index in [1.54, 1.807) is 32.9 Å². The van der Waals surface area contributed by atoms with Crippen LogP contribution in [0.1, 0.15) is 38.5 Å². The first kappa shape index (κ1) is 25.1. The van der Waals surface area contributed by atoms with Gasteiger partial charge < -0.3 is 10.1 Å². The molecule has 30 heavy (non-hydrogen) atoms. The normalized spacial score (nSPS) is 21.3. The Kier molecular flexibility index (Phi) is 8.02. The molecule has 0 saturated carbocycles. The summed E-state index contributed by atoms with van der Waals surface area (Å²) in [6, 6.07) is 11.2. The Balaban J connectivity index is 0.00000320. The third-order valence-electron chi connectivity index (χ3n) is 4.88. The van der Waals surface area contributed by atoms with Gasteiger partial charge in [-0.05, 0) is 63.6 Å². The van der Waals surface area contributed by atoms with E-state index >= 15 is 0 Å². The third kappa shape index (κ3) is 5.56. The Hall–Kier alpha value is -1.12. The lowest BCUT2D eigenvalue weighted by Crippen LogP contribution is -2.40. The topological polar surface area (TPSA) is 72.5 Å². The highest BCUT2D eigenvalue weighted by Gasteiger charge is 2.49. The van der Waals surface area contributed by atoms with Crippen LogP contribution in [0.3, 0.4) is 0 Å². The summed E-state index contributed by atoms with van der Waals surface area (Å²) in [4.78, 5) is 14.3. The van der Waals surface area contributed by atoms with Crippen molar-refractivity contribution in [3.05, 3.63) is 46.3 Å². The van der Waals surface area contributed by atoms with Crippen LogP contribution < -0.4 is 5.32 Å². The average molecular weight is 492 g/mol. The number of hydrogen-bond donors (Lipinski definition) is 1. The van der Waals surface area contributed by atoms with Gasteiger partial charge in [0.1, 0.15) is 10.3 Å². The zero-order chi connectivity index (χ0) is 21.3. The highest BCUT2D eigenvalue weighted by molar-refractivity contribution is 7.92. The fourth-order valence-electron chi connectivity index (χ4n) is 3.50. The molecule has 0 unspecified atom stereocenters. The highest BCUT2D eigenvalue weighted by atomic mass is 35.5. The lowest BCUT2D eigenvalue weighted by Gasteiger charge is -2.31. The van der Waals surface area contributed by atoms with Gasteiger partial charge in [-0.3, -0.25) is 4.79 Å². The van der Waals surface area contributed by atoms with Gasteiger partial charge in [0.15, 0.2) is 9.84 Å². The SMILES string of the molecule is CC(C)(C)OC(=O)C[C@]1(c2ccc(-c3ccc(Cl)cc3)s2)CCNCCS1(=O)=O.Cl. The number of sulfone groups is 1. The quantitative estimate of drug-likeness (QED) is 0.620. The summed E-state index contributed by atoms with van der Waals surface area (Å²) in [6.07, 6.45) is 0.143. The van der Waals surface area contributed by atoms with Gasteiger partial charge in [0, 0.05) is 21.3 Å². The molecule has 1 aliphatic rings. The first-order valence-electron chi connectivity index (χ1n) is 9.54. The van der Waals surface area contributed by atoms with Crippen molar-refractivity contribution in [2.45, 2.75) is 44.0 Å². The van der Waals surface area contributed by atoms with E-state index in [9.17, 15) is 13.2 Å². The largest absolute Gasteiger partial charge is 0.460 e. The number of halogens is 2. The molecule has 0 spiro atoms. The smallest absolute Gasteiger partial charge is 0.308 e. The number of carbonyl (C=O) groups excluding carboxylic acids is 1. The predicted molar refractivity (Wildman–Crippen MR) is 125 cm³/mol. The Labute approximate surface area is 193 Å². The Morgan fingerprint density at radius 2 is 1.83 bits per heavy atom. The number of esters is 1. The van der Waals surface area contributed by atoms with Crippen LogP contribution in [0.25, 0.3) is 10.4 Å². The van der Waals surface area contributed by atoms with Crippen molar-refractivity contribution in [3.63, 3.8) is 0 Å². The molecule has 166 valence electrons. The number of ether oxygens (including phenoxy) is 1. The lowest BCUT2D eigenvalue weighted by atomic mass is 9.97. The summed E-state index contributed by atoms with van der Waals surface area (Å²) in [7, 11) is -3.57. The molecular weight excluding hydrogens is 465 g/mol. The van der Waals surface area contributed by atoms with E-state index in [0.717, 1.165) is 10.4 Å². The van der Waals surface area contributed by atoms with Crippen LogP contribution in [0.2, 0.25) is 5.02 Å². The van der Waals surface area contributed by atoms with Crippen molar-refractivity contribution in [1.29, 1.82) is 0 Å². The lowest BCUT2D eigenvalue weighted by molar-refractivity contribution is -0.155. The van der Waals surface area contributed by atoms with Gasteiger partial charge in [-0.15, -0.1) is 23.7 Å². The van der Waals surface area contributed by atoms with Crippen molar-refractivity contribution in [2.75, 3.05) is 18.8 Å². The van der Waals surface area contributed by atoms with E-state index in [1.807, 2.05) is 24.3 Å². The van der Waals surface area contributed by atoms with Crippen LogP contribution in [0.15, 0.2) is 36.4 Å².